The highest BCUT2D eigenvalue weighted by Gasteiger charge is 2.31. The van der Waals surface area contributed by atoms with Crippen LogP contribution in [0.4, 0.5) is 0 Å². The highest BCUT2D eigenvalue weighted by atomic mass is 16.1. The van der Waals surface area contributed by atoms with E-state index in [9.17, 15) is 4.79 Å². The highest BCUT2D eigenvalue weighted by Crippen LogP contribution is 2.20. The first-order valence-corrected chi connectivity index (χ1v) is 4.83. The standard InChI is InChI=1S/C10H19NO/c1-4-5-8-6-9(12)7-10(2,3)11-8/h8,11H,4-7H2,1-3H3. The minimum Gasteiger partial charge on any atom is -0.308 e. The summed E-state index contributed by atoms with van der Waals surface area (Å²) in [5.74, 6) is 0.414. The van der Waals surface area contributed by atoms with Crippen LogP contribution in [0.1, 0.15) is 46.5 Å². The van der Waals surface area contributed by atoms with Crippen LogP contribution >= 0.6 is 0 Å². The molecule has 1 saturated heterocycles. The van der Waals surface area contributed by atoms with Crippen LogP contribution in [0.2, 0.25) is 0 Å². The highest BCUT2D eigenvalue weighted by molar-refractivity contribution is 5.81. The van der Waals surface area contributed by atoms with Crippen molar-refractivity contribution in [3.63, 3.8) is 0 Å². The summed E-state index contributed by atoms with van der Waals surface area (Å²) >= 11 is 0. The number of hydrogen-bond donors (Lipinski definition) is 1. The van der Waals surface area contributed by atoms with Gasteiger partial charge in [-0.1, -0.05) is 13.3 Å². The Bertz CT molecular complexity index is 175. The Morgan fingerprint density at radius 2 is 2.25 bits per heavy atom. The zero-order valence-electron chi connectivity index (χ0n) is 8.31. The Morgan fingerprint density at radius 3 is 2.75 bits per heavy atom. The molecular formula is C10H19NO. The van der Waals surface area contributed by atoms with Crippen LogP contribution in [0.25, 0.3) is 0 Å². The second-order valence-electron chi connectivity index (χ2n) is 4.43. The lowest BCUT2D eigenvalue weighted by atomic mass is 9.87. The lowest BCUT2D eigenvalue weighted by Crippen LogP contribution is -2.52. The molecular weight excluding hydrogens is 150 g/mol. The zero-order chi connectivity index (χ0) is 9.19. The Hall–Kier alpha value is -0.370. The van der Waals surface area contributed by atoms with Gasteiger partial charge >= 0.3 is 0 Å². The molecule has 70 valence electrons. The van der Waals surface area contributed by atoms with Crippen LogP contribution in [0.5, 0.6) is 0 Å². The zero-order valence-corrected chi connectivity index (χ0v) is 8.31. The first-order chi connectivity index (χ1) is 5.53. The van der Waals surface area contributed by atoms with E-state index in [1.807, 2.05) is 0 Å². The summed E-state index contributed by atoms with van der Waals surface area (Å²) < 4.78 is 0. The fourth-order valence-corrected chi connectivity index (χ4v) is 2.02. The third-order valence-electron chi connectivity index (χ3n) is 2.35. The summed E-state index contributed by atoms with van der Waals surface area (Å²) in [5.41, 5.74) is 0.0230. The van der Waals surface area contributed by atoms with Crippen molar-refractivity contribution in [2.24, 2.45) is 0 Å². The first-order valence-electron chi connectivity index (χ1n) is 4.83. The van der Waals surface area contributed by atoms with E-state index < -0.39 is 0 Å². The predicted octanol–water partition coefficient (Wildman–Crippen LogP) is 1.89. The van der Waals surface area contributed by atoms with Gasteiger partial charge < -0.3 is 5.32 Å². The molecule has 0 spiro atoms. The smallest absolute Gasteiger partial charge is 0.136 e. The van der Waals surface area contributed by atoms with Gasteiger partial charge in [-0.05, 0) is 20.3 Å². The Kier molecular flexibility index (Phi) is 2.89. The number of piperidine rings is 1. The number of ketones is 1. The van der Waals surface area contributed by atoms with Crippen molar-refractivity contribution in [1.82, 2.24) is 5.32 Å². The maximum Gasteiger partial charge on any atom is 0.136 e. The van der Waals surface area contributed by atoms with Crippen LogP contribution < -0.4 is 5.32 Å². The molecule has 0 amide bonds. The van der Waals surface area contributed by atoms with Crippen LogP contribution in [0, 0.1) is 0 Å². The summed E-state index contributed by atoms with van der Waals surface area (Å²) in [6.45, 7) is 6.37. The molecule has 0 aromatic heterocycles. The number of Topliss-reactive ketones (excluding diaryl/α,β-unsaturated/α-hetero) is 1. The minimum atomic E-state index is 0.0230. The van der Waals surface area contributed by atoms with Crippen molar-refractivity contribution < 1.29 is 4.79 Å². The molecule has 1 N–H and O–H groups in total. The SMILES string of the molecule is CCCC1CC(=O)CC(C)(C)N1. The molecule has 1 unspecified atom stereocenters. The number of nitrogens with one attached hydrogen (secondary N) is 1. The van der Waals surface area contributed by atoms with Gasteiger partial charge in [0.25, 0.3) is 0 Å². The van der Waals surface area contributed by atoms with Gasteiger partial charge in [-0.2, -0.15) is 0 Å². The second kappa shape index (κ2) is 3.56. The van der Waals surface area contributed by atoms with Crippen LogP contribution in [-0.2, 0) is 4.79 Å². The maximum absolute atomic E-state index is 11.3. The first kappa shape index (κ1) is 9.72. The van der Waals surface area contributed by atoms with E-state index >= 15 is 0 Å². The van der Waals surface area contributed by atoms with E-state index in [1.165, 1.54) is 0 Å². The van der Waals surface area contributed by atoms with Gasteiger partial charge in [0.1, 0.15) is 5.78 Å². The molecule has 2 nitrogen and oxygen atoms in total. The quantitative estimate of drug-likeness (QED) is 0.684. The molecule has 0 radical (unpaired) electrons. The molecule has 1 fully saturated rings. The Labute approximate surface area is 74.7 Å². The molecule has 0 aromatic rings. The number of hydrogen-bond acceptors (Lipinski definition) is 2. The molecule has 1 heterocycles. The van der Waals surface area contributed by atoms with Crippen LogP contribution in [0.3, 0.4) is 0 Å². The summed E-state index contributed by atoms with van der Waals surface area (Å²) in [4.78, 5) is 11.3. The topological polar surface area (TPSA) is 29.1 Å². The lowest BCUT2D eigenvalue weighted by molar-refractivity contribution is -0.122. The third-order valence-corrected chi connectivity index (χ3v) is 2.35. The van der Waals surface area contributed by atoms with Crippen LogP contribution in [0.15, 0.2) is 0 Å². The van der Waals surface area contributed by atoms with E-state index in [2.05, 4.69) is 26.1 Å². The molecule has 1 aliphatic heterocycles. The van der Waals surface area contributed by atoms with Crippen molar-refractivity contribution in [2.45, 2.75) is 58.0 Å². The molecule has 0 bridgehead atoms. The second-order valence-corrected chi connectivity index (χ2v) is 4.43. The van der Waals surface area contributed by atoms with Gasteiger partial charge in [0.15, 0.2) is 0 Å². The van der Waals surface area contributed by atoms with Gasteiger partial charge in [-0.15, -0.1) is 0 Å². The molecule has 0 aromatic carbocycles. The fourth-order valence-electron chi connectivity index (χ4n) is 2.02. The predicted molar refractivity (Wildman–Crippen MR) is 50.2 cm³/mol. The van der Waals surface area contributed by atoms with Crippen molar-refractivity contribution in [2.75, 3.05) is 0 Å². The Morgan fingerprint density at radius 1 is 1.58 bits per heavy atom. The average Bonchev–Trinajstić information content (AvgIpc) is 1.82. The summed E-state index contributed by atoms with van der Waals surface area (Å²) in [7, 11) is 0. The molecule has 0 saturated carbocycles. The van der Waals surface area contributed by atoms with Crippen molar-refractivity contribution >= 4 is 5.78 Å². The molecule has 1 aliphatic rings. The van der Waals surface area contributed by atoms with E-state index in [-0.39, 0.29) is 5.54 Å². The average molecular weight is 169 g/mol. The van der Waals surface area contributed by atoms with Gasteiger partial charge in [-0.25, -0.2) is 0 Å². The van der Waals surface area contributed by atoms with E-state index in [0.717, 1.165) is 19.3 Å². The molecule has 12 heavy (non-hydrogen) atoms. The Balaban J connectivity index is 2.51. The van der Waals surface area contributed by atoms with Gasteiger partial charge in [0.05, 0.1) is 0 Å². The monoisotopic (exact) mass is 169 g/mol. The maximum atomic E-state index is 11.3. The fraction of sp³-hybridized carbons (Fsp3) is 0.900. The van der Waals surface area contributed by atoms with Crippen LogP contribution in [-0.4, -0.2) is 17.4 Å². The lowest BCUT2D eigenvalue weighted by Gasteiger charge is -2.36. The summed E-state index contributed by atoms with van der Waals surface area (Å²) in [6, 6.07) is 0.422. The summed E-state index contributed by atoms with van der Waals surface area (Å²) in [6.07, 6.45) is 3.70. The third kappa shape index (κ3) is 2.59. The normalized spacial score (nSPS) is 28.9. The van der Waals surface area contributed by atoms with Crippen molar-refractivity contribution in [3.05, 3.63) is 0 Å². The van der Waals surface area contributed by atoms with Gasteiger partial charge in [-0.3, -0.25) is 4.79 Å². The number of carbonyl (C=O) groups excluding carboxylic acids is 1. The number of rotatable bonds is 2. The molecule has 2 heteroatoms. The molecule has 0 aliphatic carbocycles. The van der Waals surface area contributed by atoms with Crippen molar-refractivity contribution in [3.8, 4) is 0 Å². The van der Waals surface area contributed by atoms with E-state index in [4.69, 9.17) is 0 Å². The van der Waals surface area contributed by atoms with Gasteiger partial charge in [0, 0.05) is 24.4 Å². The number of carbonyl (C=O) groups is 1. The largest absolute Gasteiger partial charge is 0.308 e. The van der Waals surface area contributed by atoms with E-state index in [0.29, 0.717) is 18.2 Å². The molecule has 1 atom stereocenters. The summed E-state index contributed by atoms with van der Waals surface area (Å²) in [5, 5.41) is 3.50. The molecule has 1 rings (SSSR count). The van der Waals surface area contributed by atoms with Crippen molar-refractivity contribution in [1.29, 1.82) is 0 Å². The van der Waals surface area contributed by atoms with Gasteiger partial charge in [0.2, 0.25) is 0 Å². The minimum absolute atomic E-state index is 0.0230. The van der Waals surface area contributed by atoms with E-state index in [1.54, 1.807) is 0 Å².